The smallest absolute Gasteiger partial charge is 0.162 e. The van der Waals surface area contributed by atoms with Crippen molar-refractivity contribution in [3.8, 4) is 10.6 Å². The molecule has 0 aromatic carbocycles. The molecule has 17 heavy (non-hydrogen) atoms. The summed E-state index contributed by atoms with van der Waals surface area (Å²) < 4.78 is 1.97. The van der Waals surface area contributed by atoms with Crippen LogP contribution in [0.5, 0.6) is 0 Å². The second-order valence-electron chi connectivity index (χ2n) is 3.79. The maximum Gasteiger partial charge on any atom is 0.162 e. The Morgan fingerprint density at radius 1 is 1.41 bits per heavy atom. The molecule has 0 fully saturated rings. The van der Waals surface area contributed by atoms with Gasteiger partial charge in [0.05, 0.1) is 15.6 Å². The predicted molar refractivity (Wildman–Crippen MR) is 72.7 cm³/mol. The lowest BCUT2D eigenvalue weighted by Crippen LogP contribution is -1.94. The molecule has 0 aliphatic carbocycles. The first-order valence-corrected chi connectivity index (χ1v) is 6.41. The summed E-state index contributed by atoms with van der Waals surface area (Å²) in [6.07, 6.45) is 1.90. The molecule has 0 radical (unpaired) electrons. The van der Waals surface area contributed by atoms with E-state index in [4.69, 9.17) is 17.3 Å². The van der Waals surface area contributed by atoms with Crippen LogP contribution < -0.4 is 5.73 Å². The quantitative estimate of drug-likeness (QED) is 0.729. The van der Waals surface area contributed by atoms with Crippen molar-refractivity contribution in [1.82, 2.24) is 9.38 Å². The number of thiophene rings is 1. The van der Waals surface area contributed by atoms with Crippen LogP contribution >= 0.6 is 22.9 Å². The average molecular weight is 264 g/mol. The van der Waals surface area contributed by atoms with E-state index in [-0.39, 0.29) is 0 Å². The van der Waals surface area contributed by atoms with Gasteiger partial charge in [-0.05, 0) is 24.4 Å². The van der Waals surface area contributed by atoms with E-state index in [1.807, 2.05) is 29.0 Å². The molecular formula is C12H10ClN3S. The van der Waals surface area contributed by atoms with Crippen LogP contribution in [0.2, 0.25) is 5.02 Å². The summed E-state index contributed by atoms with van der Waals surface area (Å²) >= 11 is 7.66. The fraction of sp³-hybridized carbons (Fsp3) is 0.0833. The van der Waals surface area contributed by atoms with Crippen LogP contribution in [-0.2, 0) is 0 Å². The molecule has 5 heteroatoms. The lowest BCUT2D eigenvalue weighted by atomic mass is 10.3. The lowest BCUT2D eigenvalue weighted by Gasteiger charge is -2.00. The topological polar surface area (TPSA) is 43.3 Å². The van der Waals surface area contributed by atoms with E-state index in [0.717, 1.165) is 21.9 Å². The number of aromatic nitrogens is 2. The summed E-state index contributed by atoms with van der Waals surface area (Å²) in [5, 5.41) is 2.58. The van der Waals surface area contributed by atoms with Crippen molar-refractivity contribution >= 4 is 34.3 Å². The van der Waals surface area contributed by atoms with Gasteiger partial charge in [0.2, 0.25) is 0 Å². The maximum atomic E-state index is 6.00. The summed E-state index contributed by atoms with van der Waals surface area (Å²) in [4.78, 5) is 5.72. The van der Waals surface area contributed by atoms with Crippen molar-refractivity contribution in [3.05, 3.63) is 40.5 Å². The fourth-order valence-electron chi connectivity index (χ4n) is 1.87. The molecule has 0 spiro atoms. The minimum atomic E-state index is 0.528. The third-order valence-electron chi connectivity index (χ3n) is 2.77. The molecular weight excluding hydrogens is 254 g/mol. The minimum absolute atomic E-state index is 0.528. The van der Waals surface area contributed by atoms with E-state index < -0.39 is 0 Å². The minimum Gasteiger partial charge on any atom is -0.394 e. The molecule has 0 amide bonds. The Morgan fingerprint density at radius 3 is 2.94 bits per heavy atom. The molecule has 0 atom stereocenters. The normalized spacial score (nSPS) is 11.2. The number of aryl methyl sites for hydroxylation is 1. The van der Waals surface area contributed by atoms with Gasteiger partial charge in [-0.1, -0.05) is 17.7 Å². The molecule has 3 nitrogen and oxygen atoms in total. The Kier molecular flexibility index (Phi) is 2.34. The highest BCUT2D eigenvalue weighted by molar-refractivity contribution is 7.13. The van der Waals surface area contributed by atoms with Gasteiger partial charge >= 0.3 is 0 Å². The summed E-state index contributed by atoms with van der Waals surface area (Å²) in [5.41, 5.74) is 9.23. The molecule has 2 N–H and O–H groups in total. The van der Waals surface area contributed by atoms with Gasteiger partial charge in [-0.25, -0.2) is 4.98 Å². The van der Waals surface area contributed by atoms with Gasteiger partial charge in [0.1, 0.15) is 5.69 Å². The molecule has 3 rings (SSSR count). The average Bonchev–Trinajstić information content (AvgIpc) is 2.92. The number of pyridine rings is 1. The van der Waals surface area contributed by atoms with Crippen molar-refractivity contribution in [2.24, 2.45) is 0 Å². The Morgan fingerprint density at radius 2 is 2.24 bits per heavy atom. The van der Waals surface area contributed by atoms with Crippen molar-refractivity contribution in [2.45, 2.75) is 6.92 Å². The maximum absolute atomic E-state index is 6.00. The standard InChI is InChI=1S/C12H10ClN3S/c1-7-11(9-3-2-6-17-9)15-12-10(14)8(13)4-5-16(7)12/h2-6H,14H2,1H3. The molecule has 0 aliphatic heterocycles. The van der Waals surface area contributed by atoms with Crippen LogP contribution in [0.4, 0.5) is 5.69 Å². The molecule has 0 bridgehead atoms. The van der Waals surface area contributed by atoms with Crippen LogP contribution in [0, 0.1) is 6.92 Å². The Hall–Kier alpha value is -1.52. The Bertz CT molecular complexity index is 685. The van der Waals surface area contributed by atoms with E-state index in [9.17, 15) is 0 Å². The van der Waals surface area contributed by atoms with E-state index >= 15 is 0 Å². The van der Waals surface area contributed by atoms with Crippen molar-refractivity contribution in [2.75, 3.05) is 5.73 Å². The molecule has 3 heterocycles. The van der Waals surface area contributed by atoms with E-state index in [1.165, 1.54) is 0 Å². The third-order valence-corrected chi connectivity index (χ3v) is 3.98. The van der Waals surface area contributed by atoms with E-state index in [0.29, 0.717) is 10.7 Å². The van der Waals surface area contributed by atoms with E-state index in [1.54, 1.807) is 17.4 Å². The SMILES string of the molecule is Cc1c(-c2cccs2)nc2c(N)c(Cl)ccn12. The number of fused-ring (bicyclic) bond motifs is 1. The monoisotopic (exact) mass is 263 g/mol. The molecule has 3 aromatic rings. The molecule has 0 saturated heterocycles. The number of rotatable bonds is 1. The van der Waals surface area contributed by atoms with Crippen molar-refractivity contribution in [1.29, 1.82) is 0 Å². The fourth-order valence-corrected chi connectivity index (χ4v) is 2.78. The Balaban J connectivity index is 2.36. The largest absolute Gasteiger partial charge is 0.394 e. The van der Waals surface area contributed by atoms with Crippen LogP contribution in [0.1, 0.15) is 5.69 Å². The third kappa shape index (κ3) is 1.52. The van der Waals surface area contributed by atoms with Gasteiger partial charge in [0, 0.05) is 11.9 Å². The first-order chi connectivity index (χ1) is 8.18. The molecule has 0 aliphatic rings. The van der Waals surface area contributed by atoms with Crippen LogP contribution in [-0.4, -0.2) is 9.38 Å². The number of hydrogen-bond acceptors (Lipinski definition) is 3. The summed E-state index contributed by atoms with van der Waals surface area (Å²) in [6.45, 7) is 2.03. The molecule has 3 aromatic heterocycles. The highest BCUT2D eigenvalue weighted by Gasteiger charge is 2.13. The van der Waals surface area contributed by atoms with Crippen LogP contribution in [0.15, 0.2) is 29.8 Å². The zero-order valence-electron chi connectivity index (χ0n) is 9.14. The second kappa shape index (κ2) is 3.75. The number of nitrogens with zero attached hydrogens (tertiary/aromatic N) is 2. The van der Waals surface area contributed by atoms with Crippen molar-refractivity contribution in [3.63, 3.8) is 0 Å². The van der Waals surface area contributed by atoms with Crippen LogP contribution in [0.25, 0.3) is 16.2 Å². The molecule has 0 saturated carbocycles. The second-order valence-corrected chi connectivity index (χ2v) is 5.15. The first kappa shape index (κ1) is 10.6. The highest BCUT2D eigenvalue weighted by Crippen LogP contribution is 2.31. The number of halogens is 1. The summed E-state index contributed by atoms with van der Waals surface area (Å²) in [6, 6.07) is 5.85. The predicted octanol–water partition coefficient (Wildman–Crippen LogP) is 3.61. The molecule has 86 valence electrons. The zero-order chi connectivity index (χ0) is 12.0. The van der Waals surface area contributed by atoms with Gasteiger partial charge < -0.3 is 10.1 Å². The Labute approximate surface area is 107 Å². The summed E-state index contributed by atoms with van der Waals surface area (Å²) in [5.74, 6) is 0. The van der Waals surface area contributed by atoms with Gasteiger partial charge in [-0.2, -0.15) is 0 Å². The summed E-state index contributed by atoms with van der Waals surface area (Å²) in [7, 11) is 0. The molecule has 0 unspecified atom stereocenters. The first-order valence-electron chi connectivity index (χ1n) is 5.15. The number of anilines is 1. The van der Waals surface area contributed by atoms with Gasteiger partial charge in [-0.3, -0.25) is 0 Å². The number of nitrogen functional groups attached to an aromatic ring is 1. The van der Waals surface area contributed by atoms with Crippen molar-refractivity contribution < 1.29 is 0 Å². The number of nitrogens with two attached hydrogens (primary N) is 1. The number of imidazole rings is 1. The van der Waals surface area contributed by atoms with Gasteiger partial charge in [0.25, 0.3) is 0 Å². The van der Waals surface area contributed by atoms with Crippen LogP contribution in [0.3, 0.4) is 0 Å². The highest BCUT2D eigenvalue weighted by atomic mass is 35.5. The zero-order valence-corrected chi connectivity index (χ0v) is 10.7. The van der Waals surface area contributed by atoms with E-state index in [2.05, 4.69) is 11.1 Å². The van der Waals surface area contributed by atoms with Gasteiger partial charge in [-0.15, -0.1) is 11.3 Å². The van der Waals surface area contributed by atoms with Gasteiger partial charge in [0.15, 0.2) is 5.65 Å². The number of hydrogen-bond donors (Lipinski definition) is 1. The lowest BCUT2D eigenvalue weighted by molar-refractivity contribution is 1.11.